The van der Waals surface area contributed by atoms with Gasteiger partial charge in [-0.2, -0.15) is 0 Å². The molecule has 3 rings (SSSR count). The first-order valence-electron chi connectivity index (χ1n) is 19.7. The van der Waals surface area contributed by atoms with Crippen LogP contribution in [0.15, 0.2) is 35.8 Å². The predicted molar refractivity (Wildman–Crippen MR) is 218 cm³/mol. The number of rotatable bonds is 21. The third-order valence-electron chi connectivity index (χ3n) is 11.3. The Kier molecular flexibility index (Phi) is 18.0. The van der Waals surface area contributed by atoms with Crippen molar-refractivity contribution in [2.75, 3.05) is 40.6 Å². The number of anilines is 1. The molecule has 9 atom stereocenters. The van der Waals surface area contributed by atoms with Crippen molar-refractivity contribution in [1.82, 2.24) is 30.7 Å². The van der Waals surface area contributed by atoms with Crippen molar-refractivity contribution in [3.05, 3.63) is 46.4 Å². The van der Waals surface area contributed by atoms with Crippen LogP contribution in [-0.4, -0.2) is 110 Å². The number of carbonyl (C=O) groups is 4. The lowest BCUT2D eigenvalue weighted by Crippen LogP contribution is -2.59. The summed E-state index contributed by atoms with van der Waals surface area (Å²) in [5.41, 5.74) is 7.83. The molecule has 1 aromatic carbocycles. The standard InChI is InChI=1S/C41H67N7O6S/c1-12-26(6)36(47(9)41(52)35(25(4)5)46-39(51)34(43-8)24(2)3)32(53-10)23-33(49)48-20-15-18-31(48)37(54-11)27(7)38(50)45-30(40-44-19-21-55-40)22-28-16-13-14-17-29(28)42/h13-14,16-17,19,21,24-27,30-32,34-37,43H,12,15,18,20,22-23,42H2,1-11H3,(H,45,50)(H,46,51)/t26-,27+,30-,31-,32+,34-,35-,36-,37+/m0/s1. The highest BCUT2D eigenvalue weighted by Crippen LogP contribution is 2.31. The Hall–Kier alpha value is -3.59. The van der Waals surface area contributed by atoms with E-state index in [9.17, 15) is 19.2 Å². The molecule has 2 aromatic rings. The normalized spacial score (nSPS) is 18.9. The minimum atomic E-state index is -0.759. The maximum atomic E-state index is 14.3. The topological polar surface area (TPSA) is 168 Å². The smallest absolute Gasteiger partial charge is 0.245 e. The summed E-state index contributed by atoms with van der Waals surface area (Å²) >= 11 is 1.47. The second-order valence-corrected chi connectivity index (χ2v) is 16.6. The second kappa shape index (κ2) is 21.6. The summed E-state index contributed by atoms with van der Waals surface area (Å²) in [7, 11) is 6.63. The molecule has 1 aliphatic rings. The first kappa shape index (κ1) is 45.8. The first-order valence-corrected chi connectivity index (χ1v) is 20.6. The molecule has 0 aliphatic carbocycles. The van der Waals surface area contributed by atoms with Crippen LogP contribution in [0.2, 0.25) is 0 Å². The van der Waals surface area contributed by atoms with Crippen LogP contribution in [0, 0.1) is 23.7 Å². The summed E-state index contributed by atoms with van der Waals surface area (Å²) in [5, 5.41) is 11.9. The van der Waals surface area contributed by atoms with Gasteiger partial charge in [0.05, 0.1) is 48.7 Å². The lowest BCUT2D eigenvalue weighted by atomic mass is 9.89. The number of benzene rings is 1. The summed E-state index contributed by atoms with van der Waals surface area (Å²) in [5.74, 6) is -1.53. The van der Waals surface area contributed by atoms with E-state index >= 15 is 0 Å². The second-order valence-electron chi connectivity index (χ2n) is 15.7. The number of likely N-dealkylation sites (tertiary alicyclic amines) is 1. The average Bonchev–Trinajstić information content (AvgIpc) is 3.87. The number of methoxy groups -OCH3 is 2. The predicted octanol–water partition coefficient (Wildman–Crippen LogP) is 4.43. The first-order chi connectivity index (χ1) is 26.1. The fourth-order valence-corrected chi connectivity index (χ4v) is 8.59. The fraction of sp³-hybridized carbons (Fsp3) is 0.683. The Balaban J connectivity index is 1.79. The molecule has 0 spiro atoms. The largest absolute Gasteiger partial charge is 0.399 e. The summed E-state index contributed by atoms with van der Waals surface area (Å²) in [4.78, 5) is 63.6. The fourth-order valence-electron chi connectivity index (χ4n) is 7.90. The van der Waals surface area contributed by atoms with E-state index in [4.69, 9.17) is 15.2 Å². The van der Waals surface area contributed by atoms with Crippen molar-refractivity contribution in [3.8, 4) is 0 Å². The van der Waals surface area contributed by atoms with E-state index in [-0.39, 0.29) is 59.9 Å². The number of para-hydroxylation sites is 1. The number of nitrogen functional groups attached to an aromatic ring is 1. The molecule has 308 valence electrons. The van der Waals surface area contributed by atoms with Crippen LogP contribution >= 0.6 is 11.3 Å². The SMILES string of the molecule is CC[C@H](C)[C@@H]([C@@H](CC(=O)N1CCC[C@H]1[C@H](OC)[C@@H](C)C(=O)N[C@@H](Cc1ccccc1N)c1nccs1)OC)N(C)C(=O)[C@@H](NC(=O)[C@@H](NC)C(C)C)C(C)C. The van der Waals surface area contributed by atoms with Crippen molar-refractivity contribution in [3.63, 3.8) is 0 Å². The van der Waals surface area contributed by atoms with Gasteiger partial charge in [-0.3, -0.25) is 19.2 Å². The molecule has 1 saturated heterocycles. The zero-order valence-electron chi connectivity index (χ0n) is 34.8. The molecule has 5 N–H and O–H groups in total. The number of aromatic nitrogens is 1. The van der Waals surface area contributed by atoms with Gasteiger partial charge in [0, 0.05) is 51.5 Å². The number of amides is 4. The average molecular weight is 786 g/mol. The number of likely N-dealkylation sites (N-methyl/N-ethyl adjacent to an activating group) is 2. The van der Waals surface area contributed by atoms with Crippen molar-refractivity contribution in [2.24, 2.45) is 23.7 Å². The highest BCUT2D eigenvalue weighted by Gasteiger charge is 2.43. The molecular weight excluding hydrogens is 719 g/mol. The van der Waals surface area contributed by atoms with Gasteiger partial charge in [-0.25, -0.2) is 4.98 Å². The summed E-state index contributed by atoms with van der Waals surface area (Å²) in [6, 6.07) is 5.23. The lowest BCUT2D eigenvalue weighted by molar-refractivity contribution is -0.147. The van der Waals surface area contributed by atoms with E-state index in [0.29, 0.717) is 25.1 Å². The van der Waals surface area contributed by atoms with Gasteiger partial charge in [-0.15, -0.1) is 11.3 Å². The molecule has 13 nitrogen and oxygen atoms in total. The van der Waals surface area contributed by atoms with E-state index in [1.807, 2.05) is 76.1 Å². The molecular formula is C41H67N7O6S. The van der Waals surface area contributed by atoms with Gasteiger partial charge >= 0.3 is 0 Å². The molecule has 0 radical (unpaired) electrons. The summed E-state index contributed by atoms with van der Waals surface area (Å²) < 4.78 is 12.1. The third-order valence-corrected chi connectivity index (χ3v) is 12.2. The Labute approximate surface area is 332 Å². The number of hydrogen-bond donors (Lipinski definition) is 4. The maximum Gasteiger partial charge on any atom is 0.245 e. The van der Waals surface area contributed by atoms with Crippen LogP contribution in [0.25, 0.3) is 0 Å². The van der Waals surface area contributed by atoms with Gasteiger partial charge in [-0.1, -0.05) is 73.1 Å². The van der Waals surface area contributed by atoms with E-state index in [0.717, 1.165) is 23.4 Å². The Morgan fingerprint density at radius 2 is 1.67 bits per heavy atom. The van der Waals surface area contributed by atoms with Crippen LogP contribution in [0.3, 0.4) is 0 Å². The molecule has 0 unspecified atom stereocenters. The van der Waals surface area contributed by atoms with Crippen molar-refractivity contribution >= 4 is 40.7 Å². The molecule has 0 bridgehead atoms. The van der Waals surface area contributed by atoms with Crippen molar-refractivity contribution in [2.45, 2.75) is 123 Å². The van der Waals surface area contributed by atoms with Crippen LogP contribution in [-0.2, 0) is 35.1 Å². The van der Waals surface area contributed by atoms with E-state index < -0.39 is 36.3 Å². The molecule has 1 aliphatic heterocycles. The van der Waals surface area contributed by atoms with Crippen LogP contribution in [0.1, 0.15) is 90.8 Å². The van der Waals surface area contributed by atoms with Crippen LogP contribution < -0.4 is 21.7 Å². The molecule has 14 heteroatoms. The van der Waals surface area contributed by atoms with Crippen LogP contribution in [0.5, 0.6) is 0 Å². The van der Waals surface area contributed by atoms with E-state index in [2.05, 4.69) is 27.9 Å². The molecule has 0 saturated carbocycles. The summed E-state index contributed by atoms with van der Waals surface area (Å²) in [6.45, 7) is 14.2. The Bertz CT molecular complexity index is 1520. The van der Waals surface area contributed by atoms with Gasteiger partial charge in [0.1, 0.15) is 11.0 Å². The van der Waals surface area contributed by atoms with Crippen molar-refractivity contribution in [1.29, 1.82) is 0 Å². The highest BCUT2D eigenvalue weighted by atomic mass is 32.1. The zero-order chi connectivity index (χ0) is 41.0. The molecule has 55 heavy (non-hydrogen) atoms. The molecule has 4 amide bonds. The van der Waals surface area contributed by atoms with E-state index in [1.54, 1.807) is 39.4 Å². The Morgan fingerprint density at radius 3 is 2.22 bits per heavy atom. The van der Waals surface area contributed by atoms with Gasteiger partial charge in [0.25, 0.3) is 0 Å². The minimum Gasteiger partial charge on any atom is -0.399 e. The van der Waals surface area contributed by atoms with Crippen molar-refractivity contribution < 1.29 is 28.7 Å². The van der Waals surface area contributed by atoms with E-state index in [1.165, 1.54) is 11.3 Å². The third kappa shape index (κ3) is 11.7. The zero-order valence-corrected chi connectivity index (χ0v) is 35.7. The van der Waals surface area contributed by atoms with Gasteiger partial charge in [0.2, 0.25) is 23.6 Å². The molecule has 1 aromatic heterocycles. The minimum absolute atomic E-state index is 0.0160. The van der Waals surface area contributed by atoms with Gasteiger partial charge < -0.3 is 41.0 Å². The lowest BCUT2D eigenvalue weighted by Gasteiger charge is -2.41. The number of carbonyl (C=O) groups excluding carboxylic acids is 4. The van der Waals surface area contributed by atoms with Crippen LogP contribution in [0.4, 0.5) is 5.69 Å². The summed E-state index contributed by atoms with van der Waals surface area (Å²) in [6.07, 6.45) is 3.25. The molecule has 1 fully saturated rings. The quantitative estimate of drug-likeness (QED) is 0.134. The monoisotopic (exact) mass is 785 g/mol. The number of hydrogen-bond acceptors (Lipinski definition) is 10. The number of nitrogens with one attached hydrogen (secondary N) is 3. The number of thiazole rings is 1. The highest BCUT2D eigenvalue weighted by molar-refractivity contribution is 7.09. The number of nitrogens with two attached hydrogens (primary N) is 1. The Morgan fingerprint density at radius 1 is 1.00 bits per heavy atom. The maximum absolute atomic E-state index is 14.3. The molecule has 2 heterocycles. The number of nitrogens with zero attached hydrogens (tertiary/aromatic N) is 3. The number of ether oxygens (including phenoxy) is 2. The van der Waals surface area contributed by atoms with Gasteiger partial charge in [-0.05, 0) is 49.3 Å². The van der Waals surface area contributed by atoms with Gasteiger partial charge in [0.15, 0.2) is 0 Å².